The van der Waals surface area contributed by atoms with E-state index < -0.39 is 0 Å². The first-order valence-corrected chi connectivity index (χ1v) is 9.32. The van der Waals surface area contributed by atoms with Gasteiger partial charge in [-0.1, -0.05) is 6.07 Å². The zero-order chi connectivity index (χ0) is 20.9. The summed E-state index contributed by atoms with van der Waals surface area (Å²) in [5.74, 6) is 0.0739. The van der Waals surface area contributed by atoms with Gasteiger partial charge in [0.2, 0.25) is 0 Å². The maximum atomic E-state index is 13.3. The van der Waals surface area contributed by atoms with Crippen LogP contribution in [0, 0.1) is 5.82 Å². The van der Waals surface area contributed by atoms with Gasteiger partial charge < -0.3 is 10.1 Å². The monoisotopic (exact) mass is 402 g/mol. The maximum Gasteiger partial charge on any atom is 0.270 e. The summed E-state index contributed by atoms with van der Waals surface area (Å²) >= 11 is 0. The molecule has 0 saturated carbocycles. The van der Waals surface area contributed by atoms with Crippen LogP contribution in [-0.2, 0) is 6.54 Å². The van der Waals surface area contributed by atoms with Gasteiger partial charge in [0.05, 0.1) is 30.7 Å². The van der Waals surface area contributed by atoms with Crippen molar-refractivity contribution < 1.29 is 13.9 Å². The van der Waals surface area contributed by atoms with Crippen LogP contribution in [0.1, 0.15) is 16.2 Å². The summed E-state index contributed by atoms with van der Waals surface area (Å²) in [6, 6.07) is 20.4. The number of carbonyl (C=O) groups is 1. The molecule has 1 amide bonds. The SMILES string of the molecule is COc1ccc(-n2nc(-c3ccc(F)cc3)cc2C(=O)NCc2ccccn2)cc1. The minimum atomic E-state index is -0.332. The summed E-state index contributed by atoms with van der Waals surface area (Å²) in [6.07, 6.45) is 1.68. The number of ether oxygens (including phenoxy) is 1. The van der Waals surface area contributed by atoms with Crippen LogP contribution in [0.2, 0.25) is 0 Å². The smallest absolute Gasteiger partial charge is 0.270 e. The molecule has 0 saturated heterocycles. The second kappa shape index (κ2) is 8.57. The van der Waals surface area contributed by atoms with Gasteiger partial charge >= 0.3 is 0 Å². The third-order valence-corrected chi connectivity index (χ3v) is 4.56. The molecule has 0 radical (unpaired) electrons. The van der Waals surface area contributed by atoms with E-state index in [1.807, 2.05) is 30.3 Å². The molecule has 0 spiro atoms. The fourth-order valence-corrected chi connectivity index (χ4v) is 2.99. The van der Waals surface area contributed by atoms with Crippen molar-refractivity contribution in [3.05, 3.63) is 96.2 Å². The third kappa shape index (κ3) is 4.20. The Morgan fingerprint density at radius 2 is 1.83 bits per heavy atom. The fourth-order valence-electron chi connectivity index (χ4n) is 2.99. The second-order valence-corrected chi connectivity index (χ2v) is 6.54. The molecule has 0 aliphatic carbocycles. The lowest BCUT2D eigenvalue weighted by Crippen LogP contribution is -2.25. The van der Waals surface area contributed by atoms with Crippen molar-refractivity contribution in [3.63, 3.8) is 0 Å². The zero-order valence-corrected chi connectivity index (χ0v) is 16.2. The Labute approximate surface area is 173 Å². The molecule has 0 bridgehead atoms. The number of nitrogens with one attached hydrogen (secondary N) is 1. The average molecular weight is 402 g/mol. The van der Waals surface area contributed by atoms with Gasteiger partial charge in [-0.15, -0.1) is 0 Å². The largest absolute Gasteiger partial charge is 0.497 e. The maximum absolute atomic E-state index is 13.3. The van der Waals surface area contributed by atoms with Crippen LogP contribution in [0.5, 0.6) is 5.75 Å². The molecule has 2 aromatic heterocycles. The lowest BCUT2D eigenvalue weighted by atomic mass is 10.1. The van der Waals surface area contributed by atoms with E-state index in [0.29, 0.717) is 34.9 Å². The van der Waals surface area contributed by atoms with Crippen molar-refractivity contribution >= 4 is 5.91 Å². The predicted molar refractivity (Wildman–Crippen MR) is 111 cm³/mol. The molecule has 0 unspecified atom stereocenters. The van der Waals surface area contributed by atoms with Crippen LogP contribution in [0.3, 0.4) is 0 Å². The van der Waals surface area contributed by atoms with E-state index in [1.165, 1.54) is 12.1 Å². The van der Waals surface area contributed by atoms with Gasteiger partial charge in [0, 0.05) is 11.8 Å². The van der Waals surface area contributed by atoms with Crippen molar-refractivity contribution in [2.75, 3.05) is 7.11 Å². The van der Waals surface area contributed by atoms with Crippen LogP contribution in [0.15, 0.2) is 79.0 Å². The molecule has 7 heteroatoms. The third-order valence-electron chi connectivity index (χ3n) is 4.56. The molecule has 1 N–H and O–H groups in total. The van der Waals surface area contributed by atoms with Crippen molar-refractivity contribution in [1.29, 1.82) is 0 Å². The summed E-state index contributed by atoms with van der Waals surface area (Å²) < 4.78 is 20.1. The lowest BCUT2D eigenvalue weighted by molar-refractivity contribution is 0.0942. The number of nitrogens with zero attached hydrogens (tertiary/aromatic N) is 3. The van der Waals surface area contributed by atoms with Crippen LogP contribution in [0.25, 0.3) is 16.9 Å². The number of hydrogen-bond acceptors (Lipinski definition) is 4. The minimum absolute atomic E-state index is 0.291. The number of benzene rings is 2. The first-order valence-electron chi connectivity index (χ1n) is 9.32. The molecule has 0 fully saturated rings. The Morgan fingerprint density at radius 1 is 1.07 bits per heavy atom. The number of hydrogen-bond donors (Lipinski definition) is 1. The fraction of sp³-hybridized carbons (Fsp3) is 0.0870. The van der Waals surface area contributed by atoms with Crippen LogP contribution in [-0.4, -0.2) is 27.8 Å². The van der Waals surface area contributed by atoms with Crippen molar-refractivity contribution in [3.8, 4) is 22.7 Å². The molecule has 6 nitrogen and oxygen atoms in total. The summed E-state index contributed by atoms with van der Waals surface area (Å²) in [6.45, 7) is 0.291. The van der Waals surface area contributed by atoms with E-state index in [0.717, 1.165) is 5.69 Å². The highest BCUT2D eigenvalue weighted by Gasteiger charge is 2.18. The van der Waals surface area contributed by atoms with Crippen molar-refractivity contribution in [1.82, 2.24) is 20.1 Å². The normalized spacial score (nSPS) is 10.6. The molecular formula is C23H19FN4O2. The number of methoxy groups -OCH3 is 1. The molecule has 4 rings (SSSR count). The Balaban J connectivity index is 1.68. The molecular weight excluding hydrogens is 383 g/mol. The highest BCUT2D eigenvalue weighted by atomic mass is 19.1. The van der Waals surface area contributed by atoms with Gasteiger partial charge in [0.1, 0.15) is 17.3 Å². The highest BCUT2D eigenvalue weighted by Crippen LogP contribution is 2.23. The highest BCUT2D eigenvalue weighted by molar-refractivity contribution is 5.94. The first kappa shape index (κ1) is 19.3. The molecule has 2 aromatic carbocycles. The van der Waals surface area contributed by atoms with E-state index in [2.05, 4.69) is 15.4 Å². The number of aromatic nitrogens is 3. The standard InChI is InChI=1S/C23H19FN4O2/c1-30-20-11-9-19(10-12-20)28-22(23(29)26-15-18-4-2-3-13-25-18)14-21(27-28)16-5-7-17(24)8-6-16/h2-14H,15H2,1H3,(H,26,29). The molecule has 0 aliphatic heterocycles. The van der Waals surface area contributed by atoms with Crippen LogP contribution < -0.4 is 10.1 Å². The Kier molecular flexibility index (Phi) is 5.52. The average Bonchev–Trinajstić information content (AvgIpc) is 3.24. The van der Waals surface area contributed by atoms with Gasteiger partial charge in [-0.05, 0) is 66.7 Å². The van der Waals surface area contributed by atoms with Crippen LogP contribution in [0.4, 0.5) is 4.39 Å². The summed E-state index contributed by atoms with van der Waals surface area (Å²) in [5, 5.41) is 7.46. The molecule has 150 valence electrons. The second-order valence-electron chi connectivity index (χ2n) is 6.54. The predicted octanol–water partition coefficient (Wildman–Crippen LogP) is 4.01. The van der Waals surface area contributed by atoms with Gasteiger partial charge in [0.15, 0.2) is 0 Å². The molecule has 30 heavy (non-hydrogen) atoms. The minimum Gasteiger partial charge on any atom is -0.497 e. The molecule has 0 aliphatic rings. The Morgan fingerprint density at radius 3 is 2.50 bits per heavy atom. The van der Waals surface area contributed by atoms with Gasteiger partial charge in [0.25, 0.3) is 5.91 Å². The number of pyridine rings is 1. The number of amides is 1. The van der Waals surface area contributed by atoms with E-state index in [9.17, 15) is 9.18 Å². The quantitative estimate of drug-likeness (QED) is 0.529. The van der Waals surface area contributed by atoms with Crippen molar-refractivity contribution in [2.24, 2.45) is 0 Å². The Bertz CT molecular complexity index is 1140. The van der Waals surface area contributed by atoms with Gasteiger partial charge in [-0.3, -0.25) is 9.78 Å². The topological polar surface area (TPSA) is 69.0 Å². The number of carbonyl (C=O) groups excluding carboxylic acids is 1. The van der Waals surface area contributed by atoms with E-state index >= 15 is 0 Å². The molecule has 0 atom stereocenters. The van der Waals surface area contributed by atoms with E-state index in [4.69, 9.17) is 4.74 Å². The Hall–Kier alpha value is -4.00. The lowest BCUT2D eigenvalue weighted by Gasteiger charge is -2.09. The summed E-state index contributed by atoms with van der Waals surface area (Å²) in [4.78, 5) is 17.2. The zero-order valence-electron chi connectivity index (χ0n) is 16.2. The number of rotatable bonds is 6. The summed E-state index contributed by atoms with van der Waals surface area (Å²) in [7, 11) is 1.59. The molecule has 4 aromatic rings. The van der Waals surface area contributed by atoms with Gasteiger partial charge in [-0.25, -0.2) is 9.07 Å². The van der Waals surface area contributed by atoms with Gasteiger partial charge in [-0.2, -0.15) is 5.10 Å². The molecule has 2 heterocycles. The number of halogens is 1. The van der Waals surface area contributed by atoms with Crippen molar-refractivity contribution in [2.45, 2.75) is 6.54 Å². The van der Waals surface area contributed by atoms with Crippen LogP contribution >= 0.6 is 0 Å². The summed E-state index contributed by atoms with van der Waals surface area (Å²) in [5.41, 5.74) is 3.08. The van der Waals surface area contributed by atoms with E-state index in [1.54, 1.807) is 48.3 Å². The van der Waals surface area contributed by atoms with E-state index in [-0.39, 0.29) is 11.7 Å². The first-order chi connectivity index (χ1) is 14.6.